The molecule has 1 aromatic rings. The van der Waals surface area contributed by atoms with E-state index in [1.165, 1.54) is 4.90 Å². The molecule has 2 bridgehead atoms. The third-order valence-electron chi connectivity index (χ3n) is 6.96. The maximum absolute atomic E-state index is 13.6. The minimum Gasteiger partial charge on any atom is -0.395 e. The molecule has 2 unspecified atom stereocenters. The van der Waals surface area contributed by atoms with E-state index in [-0.39, 0.29) is 30.9 Å². The summed E-state index contributed by atoms with van der Waals surface area (Å²) in [5.41, 5.74) is 0.552. The predicted octanol–water partition coefficient (Wildman–Crippen LogP) is 1.69. The van der Waals surface area contributed by atoms with Crippen LogP contribution in [0.25, 0.3) is 0 Å². The Bertz CT molecular complexity index is 918. The van der Waals surface area contributed by atoms with Gasteiger partial charge in [-0.3, -0.25) is 14.4 Å². The highest BCUT2D eigenvalue weighted by molar-refractivity contribution is 8.02. The lowest BCUT2D eigenvalue weighted by molar-refractivity contribution is -0.141. The topological polar surface area (TPSA) is 98.7 Å². The number of fused-ring (bicyclic) bond motifs is 1. The van der Waals surface area contributed by atoms with E-state index in [1.807, 2.05) is 51.1 Å². The summed E-state index contributed by atoms with van der Waals surface area (Å²) in [5.74, 6) is -1.60. The van der Waals surface area contributed by atoms with Gasteiger partial charge in [0.25, 0.3) is 0 Å². The second-order valence-corrected chi connectivity index (χ2v) is 12.3. The number of thioether (sulfide) groups is 1. The number of carbonyl (C=O) groups is 3. The number of carbonyl (C=O) groups excluding carboxylic acids is 3. The third-order valence-corrected chi connectivity index (χ3v) is 8.94. The van der Waals surface area contributed by atoms with Crippen LogP contribution >= 0.6 is 11.8 Å². The Kier molecular flexibility index (Phi) is 5.82. The highest BCUT2D eigenvalue weighted by atomic mass is 32.2. The Morgan fingerprint density at radius 1 is 1.19 bits per heavy atom. The zero-order chi connectivity index (χ0) is 23.3. The molecule has 7 nitrogen and oxygen atoms in total. The lowest BCUT2D eigenvalue weighted by Gasteiger charge is -2.36. The van der Waals surface area contributed by atoms with Crippen LogP contribution in [-0.4, -0.2) is 62.0 Å². The van der Waals surface area contributed by atoms with Gasteiger partial charge >= 0.3 is 0 Å². The van der Waals surface area contributed by atoms with Crippen LogP contribution in [0.4, 0.5) is 0 Å². The van der Waals surface area contributed by atoms with E-state index in [0.717, 1.165) is 12.0 Å². The summed E-state index contributed by atoms with van der Waals surface area (Å²) in [7, 11) is 0. The second kappa shape index (κ2) is 8.06. The Morgan fingerprint density at radius 2 is 1.88 bits per heavy atom. The first kappa shape index (κ1) is 23.1. The van der Waals surface area contributed by atoms with Crippen LogP contribution in [0.2, 0.25) is 0 Å². The van der Waals surface area contributed by atoms with E-state index in [2.05, 4.69) is 17.6 Å². The Labute approximate surface area is 193 Å². The van der Waals surface area contributed by atoms with Crippen molar-refractivity contribution in [2.75, 3.05) is 13.2 Å². The van der Waals surface area contributed by atoms with Gasteiger partial charge in [0, 0.05) is 23.4 Å². The minimum atomic E-state index is -0.690. The molecule has 1 aromatic carbocycles. The first-order valence-electron chi connectivity index (χ1n) is 11.3. The molecule has 3 aliphatic heterocycles. The molecule has 3 N–H and O–H groups in total. The number of hydrogen-bond donors (Lipinski definition) is 3. The lowest BCUT2D eigenvalue weighted by atomic mass is 9.66. The summed E-state index contributed by atoms with van der Waals surface area (Å²) in [6.45, 7) is 8.06. The Balaban J connectivity index is 1.64. The normalized spacial score (nSPS) is 33.3. The highest BCUT2D eigenvalue weighted by Gasteiger charge is 2.77. The van der Waals surface area contributed by atoms with Crippen LogP contribution in [-0.2, 0) is 20.9 Å². The van der Waals surface area contributed by atoms with Crippen LogP contribution in [0, 0.1) is 11.8 Å². The van der Waals surface area contributed by atoms with Gasteiger partial charge < -0.3 is 20.6 Å². The van der Waals surface area contributed by atoms with Gasteiger partial charge in [0.15, 0.2) is 0 Å². The molecule has 1 spiro atoms. The first-order chi connectivity index (χ1) is 15.0. The molecule has 3 saturated heterocycles. The molecular weight excluding hydrogens is 426 g/mol. The number of β-amino-alcohol motifs (C(OH)–C–C–N with tert-alkyl or cyclic N) is 1. The molecule has 0 aliphatic carbocycles. The van der Waals surface area contributed by atoms with Gasteiger partial charge in [-0.05, 0) is 46.1 Å². The van der Waals surface area contributed by atoms with Crippen molar-refractivity contribution in [3.8, 4) is 0 Å². The zero-order valence-electron chi connectivity index (χ0n) is 19.2. The largest absolute Gasteiger partial charge is 0.395 e. The molecule has 8 heteroatoms. The maximum atomic E-state index is 13.6. The molecule has 0 radical (unpaired) electrons. The van der Waals surface area contributed by atoms with Gasteiger partial charge in [0.2, 0.25) is 17.7 Å². The van der Waals surface area contributed by atoms with Crippen molar-refractivity contribution in [1.82, 2.24) is 15.5 Å². The Hall–Kier alpha value is -2.06. The summed E-state index contributed by atoms with van der Waals surface area (Å²) < 4.78 is -1.04. The van der Waals surface area contributed by atoms with Crippen molar-refractivity contribution >= 4 is 29.5 Å². The van der Waals surface area contributed by atoms with Crippen molar-refractivity contribution in [3.63, 3.8) is 0 Å². The summed E-state index contributed by atoms with van der Waals surface area (Å²) in [4.78, 5) is 42.0. The smallest absolute Gasteiger partial charge is 0.244 e. The first-order valence-corrected chi connectivity index (χ1v) is 12.1. The fourth-order valence-corrected chi connectivity index (χ4v) is 8.16. The van der Waals surface area contributed by atoms with Crippen LogP contribution in [0.1, 0.15) is 46.1 Å². The lowest BCUT2D eigenvalue weighted by Crippen LogP contribution is -2.57. The average Bonchev–Trinajstić information content (AvgIpc) is 3.27. The highest BCUT2D eigenvalue weighted by Crippen LogP contribution is 2.71. The number of hydrogen-bond acceptors (Lipinski definition) is 5. The number of aliphatic hydroxyl groups is 1. The molecule has 5 atom stereocenters. The van der Waals surface area contributed by atoms with Crippen LogP contribution < -0.4 is 10.6 Å². The van der Waals surface area contributed by atoms with Gasteiger partial charge in [-0.15, -0.1) is 11.8 Å². The van der Waals surface area contributed by atoms with Crippen molar-refractivity contribution in [1.29, 1.82) is 0 Å². The molecule has 32 heavy (non-hydrogen) atoms. The van der Waals surface area contributed by atoms with Crippen molar-refractivity contribution in [3.05, 3.63) is 35.9 Å². The molecule has 4 rings (SSSR count). The van der Waals surface area contributed by atoms with E-state index in [1.54, 1.807) is 11.8 Å². The molecule has 3 aliphatic rings. The van der Waals surface area contributed by atoms with E-state index < -0.39 is 32.9 Å². The van der Waals surface area contributed by atoms with E-state index >= 15 is 0 Å². The number of rotatable bonds is 6. The van der Waals surface area contributed by atoms with Gasteiger partial charge in [0.05, 0.1) is 23.2 Å². The molecule has 3 amide bonds. The quantitative estimate of drug-likeness (QED) is 0.601. The summed E-state index contributed by atoms with van der Waals surface area (Å²) in [5, 5.41) is 15.7. The van der Waals surface area contributed by atoms with E-state index in [0.29, 0.717) is 13.0 Å². The van der Waals surface area contributed by atoms with E-state index in [4.69, 9.17) is 0 Å². The van der Waals surface area contributed by atoms with Gasteiger partial charge in [-0.25, -0.2) is 0 Å². The van der Waals surface area contributed by atoms with E-state index in [9.17, 15) is 19.5 Å². The molecule has 3 fully saturated rings. The number of likely N-dealkylation sites (tertiary alicyclic amines) is 1. The molecule has 0 saturated carbocycles. The molecular formula is C24H33N3O4S. The fourth-order valence-electron chi connectivity index (χ4n) is 5.81. The second-order valence-electron chi connectivity index (χ2n) is 10.4. The third kappa shape index (κ3) is 3.71. The molecule has 174 valence electrons. The summed E-state index contributed by atoms with van der Waals surface area (Å²) in [6, 6.07) is 9.00. The van der Waals surface area contributed by atoms with Crippen molar-refractivity contribution in [2.45, 2.75) is 68.2 Å². The fraction of sp³-hybridized carbons (Fsp3) is 0.625. The zero-order valence-corrected chi connectivity index (χ0v) is 20.0. The predicted molar refractivity (Wildman–Crippen MR) is 124 cm³/mol. The van der Waals surface area contributed by atoms with Crippen molar-refractivity contribution < 1.29 is 19.5 Å². The molecule has 3 heterocycles. The summed E-state index contributed by atoms with van der Waals surface area (Å²) in [6.07, 6.45) is 1.48. The van der Waals surface area contributed by atoms with Crippen LogP contribution in [0.15, 0.2) is 30.3 Å². The number of aliphatic hydroxyl groups excluding tert-OH is 1. The SMILES string of the molecule is CC(C)(C)NC(=O)C1N(CCO)C(=O)[C@@H]2[C@H](C(=O)NCc3ccccc3)[C@]3(C)CCC12S3. The van der Waals surface area contributed by atoms with Gasteiger partial charge in [0.1, 0.15) is 6.04 Å². The van der Waals surface area contributed by atoms with Crippen LogP contribution in [0.5, 0.6) is 0 Å². The monoisotopic (exact) mass is 459 g/mol. The number of benzene rings is 1. The maximum Gasteiger partial charge on any atom is 0.244 e. The number of nitrogens with one attached hydrogen (secondary N) is 2. The van der Waals surface area contributed by atoms with Gasteiger partial charge in [-0.2, -0.15) is 0 Å². The van der Waals surface area contributed by atoms with Crippen molar-refractivity contribution in [2.24, 2.45) is 11.8 Å². The standard InChI is InChI=1S/C24H33N3O4S/c1-22(2,3)26-20(30)18-24-11-10-23(4,32-24)16(17(24)21(31)27(18)12-13-28)19(29)25-14-15-8-6-5-7-9-15/h5-9,16-18,28H,10-14H2,1-4H3,(H,25,29)(H,26,30)/t16-,17+,18?,23+,24?/m1/s1. The summed E-state index contributed by atoms with van der Waals surface area (Å²) >= 11 is 1.64. The number of nitrogens with zero attached hydrogens (tertiary/aromatic N) is 1. The van der Waals surface area contributed by atoms with Crippen LogP contribution in [0.3, 0.4) is 0 Å². The minimum absolute atomic E-state index is 0.0922. The number of amides is 3. The Morgan fingerprint density at radius 3 is 2.50 bits per heavy atom. The van der Waals surface area contributed by atoms with Gasteiger partial charge in [-0.1, -0.05) is 30.3 Å². The average molecular weight is 460 g/mol. The molecule has 0 aromatic heterocycles.